The molecule has 0 saturated heterocycles. The van der Waals surface area contributed by atoms with Crippen LogP contribution in [0.1, 0.15) is 27.2 Å². The van der Waals surface area contributed by atoms with Crippen molar-refractivity contribution in [3.8, 4) is 0 Å². The molecule has 8 nitrogen and oxygen atoms in total. The van der Waals surface area contributed by atoms with Crippen molar-refractivity contribution in [3.05, 3.63) is 0 Å². The fourth-order valence-electron chi connectivity index (χ4n) is 2.22. The second-order valence-electron chi connectivity index (χ2n) is 6.45. The zero-order valence-corrected chi connectivity index (χ0v) is 21.4. The Hall–Kier alpha value is 0.827. The van der Waals surface area contributed by atoms with Gasteiger partial charge in [0.25, 0.3) is 0 Å². The van der Waals surface area contributed by atoms with Crippen molar-refractivity contribution in [2.75, 3.05) is 38.6 Å². The molecule has 0 aromatic heterocycles. The maximum Gasteiger partial charge on any atom is 1.00 e. The molecule has 1 atom stereocenters. The predicted molar refractivity (Wildman–Crippen MR) is 99.5 cm³/mol. The molecular formula is C14H30NNaO7S2Si. The topological polar surface area (TPSA) is 114 Å². The summed E-state index contributed by atoms with van der Waals surface area (Å²) in [6.45, 7) is 4.80. The third-order valence-electron chi connectivity index (χ3n) is 3.52. The maximum absolute atomic E-state index is 12.1. The minimum absolute atomic E-state index is 0. The first-order chi connectivity index (χ1) is 11.4. The summed E-state index contributed by atoms with van der Waals surface area (Å²) in [7, 11) is -2.23. The van der Waals surface area contributed by atoms with Crippen molar-refractivity contribution >= 4 is 36.6 Å². The van der Waals surface area contributed by atoms with Crippen LogP contribution in [0.25, 0.3) is 0 Å². The number of rotatable bonds is 13. The number of thioether (sulfide) groups is 1. The van der Waals surface area contributed by atoms with Gasteiger partial charge in [0.05, 0.1) is 15.9 Å². The number of hydrogen-bond acceptors (Lipinski definition) is 8. The van der Waals surface area contributed by atoms with Crippen LogP contribution in [0.4, 0.5) is 0 Å². The quantitative estimate of drug-likeness (QED) is 0.200. The maximum atomic E-state index is 12.1. The van der Waals surface area contributed by atoms with Crippen LogP contribution in [0.5, 0.6) is 0 Å². The van der Waals surface area contributed by atoms with E-state index in [1.165, 1.54) is 13.8 Å². The Morgan fingerprint density at radius 1 is 1.23 bits per heavy atom. The van der Waals surface area contributed by atoms with E-state index in [0.717, 1.165) is 12.2 Å². The molecule has 0 spiro atoms. The summed E-state index contributed by atoms with van der Waals surface area (Å²) in [5.41, 5.74) is -1.09. The van der Waals surface area contributed by atoms with Gasteiger partial charge in [0.15, 0.2) is 0 Å². The van der Waals surface area contributed by atoms with Crippen LogP contribution in [0.3, 0.4) is 0 Å². The van der Waals surface area contributed by atoms with Gasteiger partial charge in [-0.25, -0.2) is 8.42 Å². The van der Waals surface area contributed by atoms with Crippen molar-refractivity contribution in [1.29, 1.82) is 0 Å². The summed E-state index contributed by atoms with van der Waals surface area (Å²) in [6, 6.07) is 0.693. The average Bonchev–Trinajstić information content (AvgIpc) is 2.48. The fourth-order valence-corrected chi connectivity index (χ4v) is 6.17. The second-order valence-corrected chi connectivity index (χ2v) is 12.1. The van der Waals surface area contributed by atoms with Gasteiger partial charge in [-0.2, -0.15) is 11.8 Å². The molecule has 0 bridgehead atoms. The van der Waals surface area contributed by atoms with Crippen LogP contribution in [0, 0.1) is 5.92 Å². The van der Waals surface area contributed by atoms with Crippen LogP contribution in [0.2, 0.25) is 6.04 Å². The molecule has 12 heteroatoms. The molecule has 0 radical (unpaired) electrons. The van der Waals surface area contributed by atoms with Crippen LogP contribution < -0.4 is 34.9 Å². The summed E-state index contributed by atoms with van der Waals surface area (Å²) in [5, 5.41) is 2.62. The van der Waals surface area contributed by atoms with Gasteiger partial charge in [0.1, 0.15) is 0 Å². The van der Waals surface area contributed by atoms with Gasteiger partial charge in [-0.15, -0.1) is 0 Å². The van der Waals surface area contributed by atoms with E-state index < -0.39 is 30.2 Å². The van der Waals surface area contributed by atoms with Gasteiger partial charge >= 0.3 is 38.4 Å². The molecule has 0 fully saturated rings. The Morgan fingerprint density at radius 2 is 1.73 bits per heavy atom. The molecule has 26 heavy (non-hydrogen) atoms. The van der Waals surface area contributed by atoms with E-state index in [-0.39, 0.29) is 41.4 Å². The Balaban J connectivity index is 0. The molecule has 0 aromatic rings. The van der Waals surface area contributed by atoms with E-state index in [4.69, 9.17) is 13.3 Å². The summed E-state index contributed by atoms with van der Waals surface area (Å²) < 4.78 is 48.6. The third-order valence-corrected chi connectivity index (χ3v) is 8.74. The Morgan fingerprint density at radius 3 is 2.15 bits per heavy atom. The van der Waals surface area contributed by atoms with Gasteiger partial charge < -0.3 is 23.1 Å². The van der Waals surface area contributed by atoms with Crippen LogP contribution in [-0.4, -0.2) is 71.8 Å². The standard InChI is InChI=1S/C14H31NO7S2Si.Na/c1-12(13(16)15-14(2,3)11-24(17,18)19)10-23-8-7-9-25(20-4,21-5)22-6;/h12H,7-11H2,1-6H3,(H,15,16)(H,17,18,19);/q;+1/p-1. The van der Waals surface area contributed by atoms with Crippen molar-refractivity contribution in [1.82, 2.24) is 5.32 Å². The fraction of sp³-hybridized carbons (Fsp3) is 0.929. The summed E-state index contributed by atoms with van der Waals surface area (Å²) in [6.07, 6.45) is 0.834. The average molecular weight is 440 g/mol. The number of hydrogen-bond donors (Lipinski definition) is 1. The van der Waals surface area contributed by atoms with E-state index in [9.17, 15) is 17.8 Å². The van der Waals surface area contributed by atoms with Crippen LogP contribution in [-0.2, 0) is 28.2 Å². The van der Waals surface area contributed by atoms with Crippen molar-refractivity contribution in [2.45, 2.75) is 38.8 Å². The van der Waals surface area contributed by atoms with Gasteiger partial charge in [0, 0.05) is 44.6 Å². The predicted octanol–water partition coefficient (Wildman–Crippen LogP) is -1.93. The Bertz CT molecular complexity index is 507. The van der Waals surface area contributed by atoms with Crippen molar-refractivity contribution < 1.29 is 60.6 Å². The largest absolute Gasteiger partial charge is 1.00 e. The molecule has 0 aliphatic rings. The van der Waals surface area contributed by atoms with E-state index in [1.807, 2.05) is 0 Å². The van der Waals surface area contributed by atoms with Gasteiger partial charge in [0.2, 0.25) is 5.91 Å². The monoisotopic (exact) mass is 439 g/mol. The molecule has 1 amide bonds. The zero-order chi connectivity index (χ0) is 19.7. The van der Waals surface area contributed by atoms with Crippen molar-refractivity contribution in [2.24, 2.45) is 5.92 Å². The summed E-state index contributed by atoms with van der Waals surface area (Å²) in [4.78, 5) is 12.1. The van der Waals surface area contributed by atoms with Gasteiger partial charge in [-0.3, -0.25) is 4.79 Å². The molecule has 0 rings (SSSR count). The SMILES string of the molecule is CO[Si](CCCSCC(C)C(=O)NC(C)(C)CS(=O)(=O)[O-])(OC)OC.[Na+]. The first kappa shape index (κ1) is 29.0. The normalized spacial score (nSPS) is 13.8. The molecule has 1 unspecified atom stereocenters. The molecule has 0 saturated carbocycles. The van der Waals surface area contributed by atoms with Crippen LogP contribution >= 0.6 is 11.8 Å². The number of amides is 1. The summed E-state index contributed by atoms with van der Waals surface area (Å²) in [5.74, 6) is 0.209. The molecule has 0 heterocycles. The van der Waals surface area contributed by atoms with E-state index in [0.29, 0.717) is 11.8 Å². The van der Waals surface area contributed by atoms with Crippen LogP contribution in [0.15, 0.2) is 0 Å². The van der Waals surface area contributed by atoms with Crippen molar-refractivity contribution in [3.63, 3.8) is 0 Å². The Kier molecular flexibility index (Phi) is 14.7. The summed E-state index contributed by atoms with van der Waals surface area (Å²) >= 11 is 1.62. The molecular weight excluding hydrogens is 409 g/mol. The first-order valence-electron chi connectivity index (χ1n) is 7.89. The third kappa shape index (κ3) is 12.3. The number of carbonyl (C=O) groups is 1. The molecule has 0 aliphatic heterocycles. The van der Waals surface area contributed by atoms with E-state index in [2.05, 4.69) is 5.32 Å². The number of nitrogens with one attached hydrogen (secondary N) is 1. The van der Waals surface area contributed by atoms with Gasteiger partial charge in [-0.1, -0.05) is 6.92 Å². The zero-order valence-electron chi connectivity index (χ0n) is 16.8. The van der Waals surface area contributed by atoms with E-state index >= 15 is 0 Å². The van der Waals surface area contributed by atoms with E-state index in [1.54, 1.807) is 40.0 Å². The molecule has 150 valence electrons. The Labute approximate surface area is 184 Å². The minimum Gasteiger partial charge on any atom is -0.748 e. The first-order valence-corrected chi connectivity index (χ1v) is 12.6. The molecule has 0 aliphatic carbocycles. The smallest absolute Gasteiger partial charge is 0.748 e. The molecule has 1 N–H and O–H groups in total. The van der Waals surface area contributed by atoms with Gasteiger partial charge in [-0.05, 0) is 26.0 Å². The second kappa shape index (κ2) is 13.1. The minimum atomic E-state index is -4.40. The molecule has 0 aromatic carbocycles. The number of carbonyl (C=O) groups excluding carboxylic acids is 1.